The van der Waals surface area contributed by atoms with Crippen molar-refractivity contribution in [1.82, 2.24) is 0 Å². The van der Waals surface area contributed by atoms with E-state index in [-0.39, 0.29) is 16.9 Å². The van der Waals surface area contributed by atoms with E-state index in [2.05, 4.69) is 0 Å². The van der Waals surface area contributed by atoms with Crippen molar-refractivity contribution >= 4 is 0 Å². The summed E-state index contributed by atoms with van der Waals surface area (Å²) >= 11 is 0. The Morgan fingerprint density at radius 2 is 1.72 bits per heavy atom. The molecular weight excluding hydrogens is 231 g/mol. The lowest BCUT2D eigenvalue weighted by molar-refractivity contribution is 0.441. The lowest BCUT2D eigenvalue weighted by Gasteiger charge is -2.07. The highest BCUT2D eigenvalue weighted by atomic mass is 19.1. The van der Waals surface area contributed by atoms with Crippen LogP contribution >= 0.6 is 0 Å². The molecule has 0 N–H and O–H groups in total. The topological polar surface area (TPSA) is 56.8 Å². The largest absolute Gasteiger partial charge is 0.454 e. The van der Waals surface area contributed by atoms with Gasteiger partial charge in [0.15, 0.2) is 11.6 Å². The van der Waals surface area contributed by atoms with Crippen LogP contribution in [0, 0.1) is 28.5 Å². The van der Waals surface area contributed by atoms with Crippen molar-refractivity contribution in [2.45, 2.75) is 0 Å². The molecule has 0 spiro atoms. The lowest BCUT2D eigenvalue weighted by Crippen LogP contribution is -1.93. The summed E-state index contributed by atoms with van der Waals surface area (Å²) in [6, 6.07) is 14.6. The molecule has 0 heterocycles. The molecule has 4 heteroatoms. The number of halogens is 1. The van der Waals surface area contributed by atoms with Crippen LogP contribution in [-0.4, -0.2) is 0 Å². The first-order valence-electron chi connectivity index (χ1n) is 5.11. The van der Waals surface area contributed by atoms with Gasteiger partial charge in [-0.3, -0.25) is 0 Å². The molecule has 0 fully saturated rings. The molecule has 3 nitrogen and oxygen atoms in total. The monoisotopic (exact) mass is 238 g/mol. The van der Waals surface area contributed by atoms with Gasteiger partial charge in [0.1, 0.15) is 11.8 Å². The molecular formula is C14H7FN2O. The van der Waals surface area contributed by atoms with Crippen molar-refractivity contribution in [3.05, 3.63) is 59.4 Å². The van der Waals surface area contributed by atoms with Gasteiger partial charge < -0.3 is 4.74 Å². The van der Waals surface area contributed by atoms with Crippen LogP contribution in [0.25, 0.3) is 0 Å². The van der Waals surface area contributed by atoms with Gasteiger partial charge in [0.25, 0.3) is 0 Å². The average molecular weight is 238 g/mol. The van der Waals surface area contributed by atoms with Crippen LogP contribution < -0.4 is 4.74 Å². The molecule has 86 valence electrons. The first-order valence-corrected chi connectivity index (χ1v) is 5.11. The molecule has 2 aromatic carbocycles. The zero-order chi connectivity index (χ0) is 13.0. The van der Waals surface area contributed by atoms with Gasteiger partial charge in [0.2, 0.25) is 0 Å². The van der Waals surface area contributed by atoms with E-state index in [1.807, 2.05) is 6.07 Å². The van der Waals surface area contributed by atoms with Crippen LogP contribution in [0.4, 0.5) is 4.39 Å². The van der Waals surface area contributed by atoms with Gasteiger partial charge in [-0.05, 0) is 18.2 Å². The van der Waals surface area contributed by atoms with Gasteiger partial charge in [-0.1, -0.05) is 18.2 Å². The zero-order valence-electron chi connectivity index (χ0n) is 9.22. The first kappa shape index (κ1) is 11.6. The Balaban J connectivity index is 2.45. The Morgan fingerprint density at radius 1 is 1.00 bits per heavy atom. The Bertz CT molecular complexity index is 654. The second-order valence-corrected chi connectivity index (χ2v) is 3.47. The predicted octanol–water partition coefficient (Wildman–Crippen LogP) is 3.36. The maximum atomic E-state index is 13.8. The first-order chi connectivity index (χ1) is 8.74. The maximum Gasteiger partial charge on any atom is 0.183 e. The van der Waals surface area contributed by atoms with Gasteiger partial charge >= 0.3 is 0 Å². The number of para-hydroxylation sites is 1. The number of benzene rings is 2. The highest BCUT2D eigenvalue weighted by Crippen LogP contribution is 2.27. The van der Waals surface area contributed by atoms with Crippen molar-refractivity contribution in [1.29, 1.82) is 10.5 Å². The normalized spacial score (nSPS) is 9.28. The molecule has 0 radical (unpaired) electrons. The van der Waals surface area contributed by atoms with E-state index in [9.17, 15) is 4.39 Å². The van der Waals surface area contributed by atoms with Crippen molar-refractivity contribution in [2.75, 3.05) is 0 Å². The Labute approximate surface area is 103 Å². The Hall–Kier alpha value is -2.85. The fourth-order valence-corrected chi connectivity index (χ4v) is 1.43. The number of nitrogens with zero attached hydrogens (tertiary/aromatic N) is 2. The summed E-state index contributed by atoms with van der Waals surface area (Å²) in [5, 5.41) is 17.6. The summed E-state index contributed by atoms with van der Waals surface area (Å²) in [5.74, 6) is -0.451. The summed E-state index contributed by atoms with van der Waals surface area (Å²) in [5.41, 5.74) is -0.0288. The molecule has 0 bridgehead atoms. The number of hydrogen-bond acceptors (Lipinski definition) is 3. The Kier molecular flexibility index (Phi) is 3.22. The third kappa shape index (κ3) is 2.28. The van der Waals surface area contributed by atoms with Gasteiger partial charge in [-0.25, -0.2) is 4.39 Å². The summed E-state index contributed by atoms with van der Waals surface area (Å²) in [6.07, 6.45) is 0. The molecule has 0 saturated carbocycles. The van der Waals surface area contributed by atoms with Crippen LogP contribution in [0.1, 0.15) is 11.1 Å². The molecule has 18 heavy (non-hydrogen) atoms. The van der Waals surface area contributed by atoms with Crippen molar-refractivity contribution in [3.8, 4) is 23.6 Å². The van der Waals surface area contributed by atoms with E-state index in [4.69, 9.17) is 15.3 Å². The molecule has 0 unspecified atom stereocenters. The number of nitriles is 2. The lowest BCUT2D eigenvalue weighted by atomic mass is 10.1. The van der Waals surface area contributed by atoms with E-state index >= 15 is 0 Å². The molecule has 0 aliphatic rings. The van der Waals surface area contributed by atoms with E-state index in [1.54, 1.807) is 36.4 Å². The minimum atomic E-state index is -0.764. The predicted molar refractivity (Wildman–Crippen MR) is 62.3 cm³/mol. The number of hydrogen-bond donors (Lipinski definition) is 0. The van der Waals surface area contributed by atoms with E-state index in [0.29, 0.717) is 5.75 Å². The molecule has 0 aliphatic heterocycles. The number of ether oxygens (including phenoxy) is 1. The highest BCUT2D eigenvalue weighted by Gasteiger charge is 2.12. The quantitative estimate of drug-likeness (QED) is 0.805. The zero-order valence-corrected chi connectivity index (χ0v) is 9.22. The van der Waals surface area contributed by atoms with Crippen LogP contribution in [0.3, 0.4) is 0 Å². The second-order valence-electron chi connectivity index (χ2n) is 3.47. The average Bonchev–Trinajstić information content (AvgIpc) is 2.42. The summed E-state index contributed by atoms with van der Waals surface area (Å²) in [4.78, 5) is 0. The van der Waals surface area contributed by atoms with Gasteiger partial charge in [0, 0.05) is 6.07 Å². The smallest absolute Gasteiger partial charge is 0.183 e. The molecule has 0 aromatic heterocycles. The van der Waals surface area contributed by atoms with Crippen LogP contribution in [0.2, 0.25) is 0 Å². The van der Waals surface area contributed by atoms with E-state index < -0.39 is 5.82 Å². The minimum Gasteiger partial charge on any atom is -0.454 e. The highest BCUT2D eigenvalue weighted by molar-refractivity contribution is 5.48. The van der Waals surface area contributed by atoms with E-state index in [1.165, 1.54) is 12.1 Å². The van der Waals surface area contributed by atoms with Gasteiger partial charge in [-0.2, -0.15) is 10.5 Å². The minimum absolute atomic E-state index is 0.128. The molecule has 0 atom stereocenters. The fraction of sp³-hybridized carbons (Fsp3) is 0. The Morgan fingerprint density at radius 3 is 2.33 bits per heavy atom. The van der Waals surface area contributed by atoms with Crippen LogP contribution in [-0.2, 0) is 0 Å². The number of rotatable bonds is 2. The van der Waals surface area contributed by atoms with Crippen LogP contribution in [0.15, 0.2) is 42.5 Å². The van der Waals surface area contributed by atoms with E-state index in [0.717, 1.165) is 0 Å². The standard InChI is InChI=1S/C14H7FN2O/c15-14-11(9-17)6-10(8-16)7-13(14)18-12-4-2-1-3-5-12/h1-7H. The third-order valence-corrected chi connectivity index (χ3v) is 2.26. The van der Waals surface area contributed by atoms with Crippen molar-refractivity contribution < 1.29 is 9.13 Å². The van der Waals surface area contributed by atoms with Crippen molar-refractivity contribution in [3.63, 3.8) is 0 Å². The molecule has 0 aliphatic carbocycles. The van der Waals surface area contributed by atoms with Gasteiger partial charge in [0.05, 0.1) is 17.2 Å². The maximum absolute atomic E-state index is 13.8. The SMILES string of the molecule is N#Cc1cc(C#N)c(F)c(Oc2ccccc2)c1. The summed E-state index contributed by atoms with van der Waals surface area (Å²) in [6.45, 7) is 0. The molecule has 2 aromatic rings. The fourth-order valence-electron chi connectivity index (χ4n) is 1.43. The van der Waals surface area contributed by atoms with Crippen LogP contribution in [0.5, 0.6) is 11.5 Å². The summed E-state index contributed by atoms with van der Waals surface area (Å²) in [7, 11) is 0. The third-order valence-electron chi connectivity index (χ3n) is 2.26. The molecule has 0 amide bonds. The second kappa shape index (κ2) is 4.99. The van der Waals surface area contributed by atoms with Gasteiger partial charge in [-0.15, -0.1) is 0 Å². The molecule has 0 saturated heterocycles. The van der Waals surface area contributed by atoms with Crippen molar-refractivity contribution in [2.24, 2.45) is 0 Å². The molecule has 2 rings (SSSR count). The summed E-state index contributed by atoms with van der Waals surface area (Å²) < 4.78 is 19.1.